The molecule has 2 aliphatic heterocycles. The summed E-state index contributed by atoms with van der Waals surface area (Å²) in [4.78, 5) is 31.4. The molecular weight excluding hydrogens is 623 g/mol. The van der Waals surface area contributed by atoms with Crippen LogP contribution in [0.15, 0.2) is 59.5 Å². The molecule has 3 heterocycles. The molecule has 2 aromatic carbocycles. The van der Waals surface area contributed by atoms with Crippen LogP contribution in [0.1, 0.15) is 52.5 Å². The minimum atomic E-state index is -4.40. The fraction of sp³-hybridized carbons (Fsp3) is 0.438. The summed E-state index contributed by atoms with van der Waals surface area (Å²) in [5.74, 6) is 0.187. The number of benzene rings is 2. The first-order valence-corrected chi connectivity index (χ1v) is 17.0. The minimum Gasteiger partial charge on any atom is -0.439 e. The number of hydrogen-bond donors (Lipinski definition) is 1. The number of carbonyl (C=O) groups excluding carboxylic acids is 2. The maximum Gasteiger partial charge on any atom is 0.399 e. The van der Waals surface area contributed by atoms with Gasteiger partial charge in [-0.3, -0.25) is 14.3 Å². The van der Waals surface area contributed by atoms with E-state index in [0.29, 0.717) is 42.4 Å². The molecular formula is C32H36F3N5O5S. The molecule has 2 amide bonds. The Kier molecular flexibility index (Phi) is 9.30. The van der Waals surface area contributed by atoms with Crippen molar-refractivity contribution in [3.05, 3.63) is 71.2 Å². The third kappa shape index (κ3) is 7.60. The van der Waals surface area contributed by atoms with Crippen molar-refractivity contribution >= 4 is 38.8 Å². The first kappa shape index (κ1) is 33.2. The first-order chi connectivity index (χ1) is 21.6. The fourth-order valence-electron chi connectivity index (χ4n) is 5.49. The summed E-state index contributed by atoms with van der Waals surface area (Å²) in [5, 5.41) is 8.19. The Hall–Kier alpha value is -4.20. The summed E-state index contributed by atoms with van der Waals surface area (Å²) in [5.41, 5.74) is 0.465. The van der Waals surface area contributed by atoms with Crippen molar-refractivity contribution in [3.63, 3.8) is 0 Å². The first-order valence-electron chi connectivity index (χ1n) is 14.9. The number of hydrogen-bond acceptors (Lipinski definition) is 7. The van der Waals surface area contributed by atoms with Crippen LogP contribution in [-0.2, 0) is 16.4 Å². The highest BCUT2D eigenvalue weighted by molar-refractivity contribution is 7.90. The molecule has 46 heavy (non-hydrogen) atoms. The van der Waals surface area contributed by atoms with Gasteiger partial charge in [0.1, 0.15) is 21.0 Å². The van der Waals surface area contributed by atoms with E-state index in [1.807, 2.05) is 17.8 Å². The second-order valence-corrected chi connectivity index (χ2v) is 14.4. The standard InChI is InChI=1S/C32H36F3N5O5S/c1-21-25(29(41)36-14-17-46(3,43)44)8-9-27-26(21)19-40(38-27)18-22-11-15-39(16-12-22)30(42)23-4-6-24(7-5-23)45-28-10-13-31(2,20-37-28)32(33,34)35/h4-10,19-20,22H,11-18H2,1-3H3,(H,36,41). The average Bonchev–Trinajstić information content (AvgIpc) is 3.41. The maximum atomic E-state index is 13.2. The van der Waals surface area contributed by atoms with E-state index in [9.17, 15) is 31.2 Å². The summed E-state index contributed by atoms with van der Waals surface area (Å²) in [6, 6.07) is 9.95. The van der Waals surface area contributed by atoms with Crippen molar-refractivity contribution in [1.29, 1.82) is 0 Å². The molecule has 14 heteroatoms. The van der Waals surface area contributed by atoms with E-state index < -0.39 is 21.4 Å². The van der Waals surface area contributed by atoms with Crippen molar-refractivity contribution in [2.75, 3.05) is 31.6 Å². The Morgan fingerprint density at radius 1 is 1.11 bits per heavy atom. The maximum absolute atomic E-state index is 13.2. The highest BCUT2D eigenvalue weighted by atomic mass is 32.2. The van der Waals surface area contributed by atoms with Gasteiger partial charge in [-0.25, -0.2) is 13.4 Å². The number of amides is 2. The Morgan fingerprint density at radius 2 is 1.80 bits per heavy atom. The molecule has 0 bridgehead atoms. The third-order valence-electron chi connectivity index (χ3n) is 8.50. The van der Waals surface area contributed by atoms with Gasteiger partial charge in [0.2, 0.25) is 5.88 Å². The monoisotopic (exact) mass is 659 g/mol. The number of alkyl halides is 3. The van der Waals surface area contributed by atoms with Gasteiger partial charge in [0, 0.05) is 61.4 Å². The van der Waals surface area contributed by atoms with Gasteiger partial charge in [-0.15, -0.1) is 0 Å². The van der Waals surface area contributed by atoms with Crippen LogP contribution in [0.3, 0.4) is 0 Å². The van der Waals surface area contributed by atoms with Gasteiger partial charge in [0.05, 0.1) is 11.3 Å². The largest absolute Gasteiger partial charge is 0.439 e. The number of sulfone groups is 1. The van der Waals surface area contributed by atoms with Crippen LogP contribution < -0.4 is 10.1 Å². The van der Waals surface area contributed by atoms with E-state index in [2.05, 4.69) is 15.4 Å². The molecule has 1 atom stereocenters. The number of rotatable bonds is 9. The van der Waals surface area contributed by atoms with Crippen molar-refractivity contribution in [2.45, 2.75) is 45.8 Å². The van der Waals surface area contributed by atoms with Crippen LogP contribution in [0, 0.1) is 18.3 Å². The van der Waals surface area contributed by atoms with Crippen LogP contribution in [0.5, 0.6) is 5.75 Å². The lowest BCUT2D eigenvalue weighted by Gasteiger charge is -2.32. The molecule has 2 aliphatic rings. The zero-order valence-corrected chi connectivity index (χ0v) is 26.6. The lowest BCUT2D eigenvalue weighted by atomic mass is 9.86. The molecule has 0 spiro atoms. The second-order valence-electron chi connectivity index (χ2n) is 12.2. The lowest BCUT2D eigenvalue weighted by molar-refractivity contribution is -0.189. The van der Waals surface area contributed by atoms with Crippen LogP contribution in [0.4, 0.5) is 13.2 Å². The molecule has 0 radical (unpaired) electrons. The Balaban J connectivity index is 1.12. The minimum absolute atomic E-state index is 0.0416. The van der Waals surface area contributed by atoms with Crippen molar-refractivity contribution in [3.8, 4) is 5.75 Å². The number of allylic oxidation sites excluding steroid dienone is 1. The van der Waals surface area contributed by atoms with Gasteiger partial charge >= 0.3 is 6.18 Å². The summed E-state index contributed by atoms with van der Waals surface area (Å²) in [6.45, 7) is 4.80. The third-order valence-corrected chi connectivity index (χ3v) is 9.45. The molecule has 1 fully saturated rings. The van der Waals surface area contributed by atoms with E-state index >= 15 is 0 Å². The van der Waals surface area contributed by atoms with Crippen LogP contribution in [0.2, 0.25) is 0 Å². The number of fused-ring (bicyclic) bond motifs is 1. The number of nitrogens with zero attached hydrogens (tertiary/aromatic N) is 4. The number of aromatic nitrogens is 2. The molecule has 1 N–H and O–H groups in total. The molecule has 5 rings (SSSR count). The van der Waals surface area contributed by atoms with Gasteiger partial charge < -0.3 is 15.0 Å². The van der Waals surface area contributed by atoms with Gasteiger partial charge in [-0.1, -0.05) is 0 Å². The van der Waals surface area contributed by atoms with E-state index in [-0.39, 0.29) is 36.4 Å². The summed E-state index contributed by atoms with van der Waals surface area (Å²) >= 11 is 0. The molecule has 1 saturated heterocycles. The zero-order chi connectivity index (χ0) is 33.3. The number of aliphatic imine (C=N–C) groups is 1. The predicted octanol–water partition coefficient (Wildman–Crippen LogP) is 4.93. The van der Waals surface area contributed by atoms with Crippen LogP contribution in [0.25, 0.3) is 10.9 Å². The molecule has 0 saturated carbocycles. The van der Waals surface area contributed by atoms with Gasteiger partial charge in [-0.05, 0) is 87.1 Å². The molecule has 246 valence electrons. The van der Waals surface area contributed by atoms with Crippen molar-refractivity contribution in [1.82, 2.24) is 20.0 Å². The van der Waals surface area contributed by atoms with Gasteiger partial charge in [-0.2, -0.15) is 18.3 Å². The molecule has 1 unspecified atom stereocenters. The number of aryl methyl sites for hydroxylation is 1. The van der Waals surface area contributed by atoms with E-state index in [0.717, 1.165) is 48.7 Å². The summed E-state index contributed by atoms with van der Waals surface area (Å²) in [7, 11) is -3.18. The van der Waals surface area contributed by atoms with E-state index in [1.54, 1.807) is 41.3 Å². The number of ether oxygens (including phenoxy) is 1. The van der Waals surface area contributed by atoms with Gasteiger partial charge in [0.15, 0.2) is 0 Å². The lowest BCUT2D eigenvalue weighted by Crippen LogP contribution is -2.39. The Morgan fingerprint density at radius 3 is 2.41 bits per heavy atom. The van der Waals surface area contributed by atoms with E-state index in [4.69, 9.17) is 4.74 Å². The molecule has 3 aromatic rings. The molecule has 10 nitrogen and oxygen atoms in total. The number of halogens is 3. The smallest absolute Gasteiger partial charge is 0.399 e. The highest BCUT2D eigenvalue weighted by Crippen LogP contribution is 2.41. The quantitative estimate of drug-likeness (QED) is 0.348. The van der Waals surface area contributed by atoms with E-state index in [1.165, 1.54) is 6.08 Å². The SMILES string of the molecule is Cc1c(C(=O)NCCS(C)(=O)=O)ccc2nn(CC3CCN(C(=O)c4ccc(OC5=CCC(C)(C(F)(F)F)C=N5)cc4)CC3)cc12. The number of piperidine rings is 1. The van der Waals surface area contributed by atoms with Gasteiger partial charge in [0.25, 0.3) is 11.8 Å². The zero-order valence-electron chi connectivity index (χ0n) is 25.8. The summed E-state index contributed by atoms with van der Waals surface area (Å²) < 4.78 is 69.8. The topological polar surface area (TPSA) is 123 Å². The summed E-state index contributed by atoms with van der Waals surface area (Å²) in [6.07, 6.45) is 2.13. The Bertz CT molecular complexity index is 1790. The predicted molar refractivity (Wildman–Crippen MR) is 168 cm³/mol. The van der Waals surface area contributed by atoms with Crippen LogP contribution in [-0.4, -0.2) is 78.9 Å². The van der Waals surface area contributed by atoms with Crippen molar-refractivity contribution in [2.24, 2.45) is 16.3 Å². The second kappa shape index (κ2) is 12.9. The number of nitrogens with one attached hydrogen (secondary N) is 1. The fourth-order valence-corrected chi connectivity index (χ4v) is 5.96. The number of likely N-dealkylation sites (tertiary alicyclic amines) is 1. The highest BCUT2D eigenvalue weighted by Gasteiger charge is 2.50. The molecule has 0 aliphatic carbocycles. The number of carbonyl (C=O) groups is 2. The normalized spacial score (nSPS) is 19.3. The van der Waals surface area contributed by atoms with Crippen LogP contribution >= 0.6 is 0 Å². The molecule has 1 aromatic heterocycles. The van der Waals surface area contributed by atoms with Crippen molar-refractivity contribution < 1.29 is 35.9 Å². The Labute approximate surface area is 265 Å². The average molecular weight is 660 g/mol.